The van der Waals surface area contributed by atoms with Gasteiger partial charge in [-0.05, 0) is 74.8 Å². The van der Waals surface area contributed by atoms with Gasteiger partial charge in [-0.15, -0.1) is 0 Å². The Labute approximate surface area is 202 Å². The molecule has 3 heterocycles. The van der Waals surface area contributed by atoms with Gasteiger partial charge in [0.15, 0.2) is 0 Å². The van der Waals surface area contributed by atoms with E-state index >= 15 is 0 Å². The SMILES string of the molecule is C=Cc1c(N)cc(Br)cc1Cn1c(C(=O)OCC2CCN(C)CC2)cc2ccc(CN)nc21. The number of nitrogen functional groups attached to an aromatic ring is 1. The maximum atomic E-state index is 13.2. The second kappa shape index (κ2) is 10.1. The van der Waals surface area contributed by atoms with Crippen LogP contribution in [0.5, 0.6) is 0 Å². The lowest BCUT2D eigenvalue weighted by Crippen LogP contribution is -2.32. The van der Waals surface area contributed by atoms with Crippen molar-refractivity contribution in [1.29, 1.82) is 0 Å². The lowest BCUT2D eigenvalue weighted by atomic mass is 9.98. The molecule has 1 fully saturated rings. The molecule has 0 bridgehead atoms. The number of hydrogen-bond donors (Lipinski definition) is 2. The highest BCUT2D eigenvalue weighted by Gasteiger charge is 2.23. The zero-order chi connectivity index (χ0) is 23.5. The first-order valence-corrected chi connectivity index (χ1v) is 11.9. The summed E-state index contributed by atoms with van der Waals surface area (Å²) in [4.78, 5) is 20.2. The Bertz CT molecular complexity index is 1180. The summed E-state index contributed by atoms with van der Waals surface area (Å²) < 4.78 is 8.54. The van der Waals surface area contributed by atoms with Crippen molar-refractivity contribution < 1.29 is 9.53 Å². The lowest BCUT2D eigenvalue weighted by molar-refractivity contribution is 0.0373. The molecule has 1 saturated heterocycles. The molecule has 0 radical (unpaired) electrons. The number of piperidine rings is 1. The molecule has 0 unspecified atom stereocenters. The number of benzene rings is 1. The fourth-order valence-electron chi connectivity index (χ4n) is 4.35. The molecule has 174 valence electrons. The van der Waals surface area contributed by atoms with Gasteiger partial charge >= 0.3 is 5.97 Å². The molecule has 0 atom stereocenters. The Morgan fingerprint density at radius 1 is 1.30 bits per heavy atom. The molecule has 2 aromatic heterocycles. The van der Waals surface area contributed by atoms with E-state index in [1.54, 1.807) is 6.08 Å². The summed E-state index contributed by atoms with van der Waals surface area (Å²) in [6, 6.07) is 9.50. The molecule has 0 spiro atoms. The standard InChI is InChI=1S/C25H30BrN5O2/c1-3-21-18(10-19(26)12-22(21)28)14-31-23(11-17-4-5-20(13-27)29-24(17)31)25(32)33-15-16-6-8-30(2)9-7-16/h3-5,10-12,16H,1,6-9,13-15,27-28H2,2H3. The molecule has 4 N–H and O–H groups in total. The van der Waals surface area contributed by atoms with Crippen molar-refractivity contribution in [2.24, 2.45) is 11.7 Å². The van der Waals surface area contributed by atoms with E-state index in [1.165, 1.54) is 0 Å². The van der Waals surface area contributed by atoms with E-state index in [0.717, 1.165) is 52.6 Å². The molecule has 0 amide bonds. The summed E-state index contributed by atoms with van der Waals surface area (Å²) in [6.45, 7) is 7.12. The Kier molecular flexibility index (Phi) is 7.17. The fourth-order valence-corrected chi connectivity index (χ4v) is 4.88. The number of pyridine rings is 1. The predicted octanol–water partition coefficient (Wildman–Crippen LogP) is 4.03. The Morgan fingerprint density at radius 3 is 2.76 bits per heavy atom. The number of carbonyl (C=O) groups excluding carboxylic acids is 1. The largest absolute Gasteiger partial charge is 0.461 e. The average molecular weight is 512 g/mol. The van der Waals surface area contributed by atoms with Crippen molar-refractivity contribution >= 4 is 44.7 Å². The smallest absolute Gasteiger partial charge is 0.355 e. The third kappa shape index (κ3) is 5.13. The van der Waals surface area contributed by atoms with Crippen LogP contribution in [0.3, 0.4) is 0 Å². The van der Waals surface area contributed by atoms with E-state index in [9.17, 15) is 4.79 Å². The number of carbonyl (C=O) groups is 1. The molecular weight excluding hydrogens is 482 g/mol. The number of nitrogens with zero attached hydrogens (tertiary/aromatic N) is 3. The Morgan fingerprint density at radius 2 is 2.06 bits per heavy atom. The van der Waals surface area contributed by atoms with Crippen molar-refractivity contribution in [2.75, 3.05) is 32.5 Å². The predicted molar refractivity (Wildman–Crippen MR) is 136 cm³/mol. The van der Waals surface area contributed by atoms with Gasteiger partial charge in [-0.1, -0.05) is 28.6 Å². The normalized spacial score (nSPS) is 15.1. The van der Waals surface area contributed by atoms with Gasteiger partial charge in [-0.2, -0.15) is 0 Å². The number of rotatable bonds is 7. The minimum atomic E-state index is -0.343. The summed E-state index contributed by atoms with van der Waals surface area (Å²) in [5, 5.41) is 0.863. The fraction of sp³-hybridized carbons (Fsp3) is 0.360. The number of anilines is 1. The van der Waals surface area contributed by atoms with Crippen molar-refractivity contribution in [2.45, 2.75) is 25.9 Å². The van der Waals surface area contributed by atoms with Gasteiger partial charge in [0.1, 0.15) is 11.3 Å². The number of nitrogens with two attached hydrogens (primary N) is 2. The van der Waals surface area contributed by atoms with E-state index in [2.05, 4.69) is 34.5 Å². The number of fused-ring (bicyclic) bond motifs is 1. The van der Waals surface area contributed by atoms with Crippen LogP contribution in [0, 0.1) is 5.92 Å². The van der Waals surface area contributed by atoms with Gasteiger partial charge in [0, 0.05) is 27.7 Å². The molecule has 1 aliphatic rings. The lowest BCUT2D eigenvalue weighted by Gasteiger charge is -2.28. The topological polar surface area (TPSA) is 99.4 Å². The quantitative estimate of drug-likeness (QED) is 0.367. The van der Waals surface area contributed by atoms with Gasteiger partial charge in [0.05, 0.1) is 18.8 Å². The summed E-state index contributed by atoms with van der Waals surface area (Å²) in [5.41, 5.74) is 16.3. The number of esters is 1. The Balaban J connectivity index is 1.69. The van der Waals surface area contributed by atoms with Crippen LogP contribution in [0.15, 0.2) is 41.4 Å². The zero-order valence-corrected chi connectivity index (χ0v) is 20.5. The first-order chi connectivity index (χ1) is 15.9. The summed E-state index contributed by atoms with van der Waals surface area (Å²) >= 11 is 3.52. The summed E-state index contributed by atoms with van der Waals surface area (Å²) in [7, 11) is 2.12. The van der Waals surface area contributed by atoms with Crippen LogP contribution in [0.25, 0.3) is 17.1 Å². The van der Waals surface area contributed by atoms with E-state index in [1.807, 2.05) is 34.9 Å². The van der Waals surface area contributed by atoms with Crippen LogP contribution < -0.4 is 11.5 Å². The summed E-state index contributed by atoms with van der Waals surface area (Å²) in [6.07, 6.45) is 3.81. The molecule has 33 heavy (non-hydrogen) atoms. The number of ether oxygens (including phenoxy) is 1. The molecule has 1 aliphatic heterocycles. The van der Waals surface area contributed by atoms with Gasteiger partial charge in [0.2, 0.25) is 0 Å². The first kappa shape index (κ1) is 23.5. The molecular formula is C25H30BrN5O2. The molecule has 8 heteroatoms. The third-order valence-corrected chi connectivity index (χ3v) is 6.76. The van der Waals surface area contributed by atoms with Crippen LogP contribution in [0.1, 0.15) is 40.2 Å². The molecule has 0 saturated carbocycles. The van der Waals surface area contributed by atoms with Crippen LogP contribution >= 0.6 is 15.9 Å². The van der Waals surface area contributed by atoms with Gasteiger partial charge < -0.3 is 25.7 Å². The van der Waals surface area contributed by atoms with E-state index in [-0.39, 0.29) is 5.97 Å². The molecule has 0 aliphatic carbocycles. The van der Waals surface area contributed by atoms with Crippen molar-refractivity contribution in [3.8, 4) is 0 Å². The molecule has 3 aromatic rings. The average Bonchev–Trinajstić information content (AvgIpc) is 3.16. The minimum absolute atomic E-state index is 0.318. The van der Waals surface area contributed by atoms with Crippen molar-refractivity contribution in [3.63, 3.8) is 0 Å². The third-order valence-electron chi connectivity index (χ3n) is 6.30. The van der Waals surface area contributed by atoms with Gasteiger partial charge in [0.25, 0.3) is 0 Å². The second-order valence-corrected chi connectivity index (χ2v) is 9.57. The number of halogens is 1. The number of likely N-dealkylation sites (tertiary alicyclic amines) is 1. The maximum absolute atomic E-state index is 13.2. The van der Waals surface area contributed by atoms with Crippen LogP contribution in [-0.4, -0.2) is 47.2 Å². The minimum Gasteiger partial charge on any atom is -0.461 e. The molecule has 4 rings (SSSR count). The number of aromatic nitrogens is 2. The van der Waals surface area contributed by atoms with Crippen LogP contribution in [-0.2, 0) is 17.8 Å². The molecule has 7 nitrogen and oxygen atoms in total. The highest BCUT2D eigenvalue weighted by Crippen LogP contribution is 2.28. The maximum Gasteiger partial charge on any atom is 0.355 e. The van der Waals surface area contributed by atoms with E-state index in [4.69, 9.17) is 21.2 Å². The molecule has 1 aromatic carbocycles. The second-order valence-electron chi connectivity index (χ2n) is 8.65. The highest BCUT2D eigenvalue weighted by molar-refractivity contribution is 9.10. The zero-order valence-electron chi connectivity index (χ0n) is 18.9. The van der Waals surface area contributed by atoms with E-state index in [0.29, 0.717) is 42.6 Å². The summed E-state index contributed by atoms with van der Waals surface area (Å²) in [5.74, 6) is 0.0477. The Hall–Kier alpha value is -2.68. The van der Waals surface area contributed by atoms with Crippen LogP contribution in [0.2, 0.25) is 0 Å². The van der Waals surface area contributed by atoms with Crippen molar-refractivity contribution in [1.82, 2.24) is 14.5 Å². The van der Waals surface area contributed by atoms with E-state index < -0.39 is 0 Å². The first-order valence-electron chi connectivity index (χ1n) is 11.1. The van der Waals surface area contributed by atoms with Crippen molar-refractivity contribution in [3.05, 3.63) is 63.9 Å². The van der Waals surface area contributed by atoms with Crippen LogP contribution in [0.4, 0.5) is 5.69 Å². The van der Waals surface area contributed by atoms with Gasteiger partial charge in [-0.25, -0.2) is 9.78 Å². The highest BCUT2D eigenvalue weighted by atomic mass is 79.9. The monoisotopic (exact) mass is 511 g/mol. The van der Waals surface area contributed by atoms with Gasteiger partial charge in [-0.3, -0.25) is 0 Å². The number of hydrogen-bond acceptors (Lipinski definition) is 6.